The summed E-state index contributed by atoms with van der Waals surface area (Å²) in [6.45, 7) is 4.84. The number of rotatable bonds is 2. The quantitative estimate of drug-likeness (QED) is 0.641. The SMILES string of the molecule is COC(=O)c1cccc(N)c1N1CCN(C)C(C)C1. The molecule has 1 heterocycles. The first-order chi connectivity index (χ1) is 9.04. The molecule has 0 saturated carbocycles. The summed E-state index contributed by atoms with van der Waals surface area (Å²) in [5, 5.41) is 0. The van der Waals surface area contributed by atoms with Crippen LogP contribution in [0, 0.1) is 0 Å². The van der Waals surface area contributed by atoms with Gasteiger partial charge in [-0.2, -0.15) is 0 Å². The average molecular weight is 263 g/mol. The number of nitrogens with zero attached hydrogens (tertiary/aromatic N) is 2. The smallest absolute Gasteiger partial charge is 0.340 e. The second-order valence-corrected chi connectivity index (χ2v) is 5.01. The predicted molar refractivity (Wildman–Crippen MR) is 76.5 cm³/mol. The van der Waals surface area contributed by atoms with Crippen LogP contribution in [-0.2, 0) is 4.74 Å². The van der Waals surface area contributed by atoms with Crippen LogP contribution in [0.1, 0.15) is 17.3 Å². The summed E-state index contributed by atoms with van der Waals surface area (Å²) in [6.07, 6.45) is 0. The van der Waals surface area contributed by atoms with E-state index in [1.54, 1.807) is 12.1 Å². The number of nitrogens with two attached hydrogens (primary N) is 1. The number of para-hydroxylation sites is 1. The van der Waals surface area contributed by atoms with Gasteiger partial charge in [0.1, 0.15) is 0 Å². The van der Waals surface area contributed by atoms with Crippen molar-refractivity contribution in [3.63, 3.8) is 0 Å². The number of nitrogen functional groups attached to an aromatic ring is 1. The minimum absolute atomic E-state index is 0.339. The third-order valence-electron chi connectivity index (χ3n) is 3.75. The van der Waals surface area contributed by atoms with Gasteiger partial charge in [0.25, 0.3) is 0 Å². The lowest BCUT2D eigenvalue weighted by atomic mass is 10.1. The molecule has 1 fully saturated rings. The summed E-state index contributed by atoms with van der Waals surface area (Å²) < 4.78 is 4.84. The van der Waals surface area contributed by atoms with Crippen LogP contribution in [0.15, 0.2) is 18.2 Å². The normalized spacial score (nSPS) is 20.4. The van der Waals surface area contributed by atoms with E-state index in [1.807, 2.05) is 6.07 Å². The number of anilines is 2. The Bertz CT molecular complexity index is 476. The van der Waals surface area contributed by atoms with Crippen molar-refractivity contribution in [2.45, 2.75) is 13.0 Å². The van der Waals surface area contributed by atoms with Gasteiger partial charge in [0, 0.05) is 25.7 Å². The number of piperazine rings is 1. The molecule has 1 saturated heterocycles. The van der Waals surface area contributed by atoms with Crippen molar-refractivity contribution in [2.75, 3.05) is 44.4 Å². The summed E-state index contributed by atoms with van der Waals surface area (Å²) in [7, 11) is 3.50. The van der Waals surface area contributed by atoms with E-state index in [2.05, 4.69) is 23.8 Å². The molecule has 104 valence electrons. The predicted octanol–water partition coefficient (Wildman–Crippen LogP) is 1.20. The zero-order chi connectivity index (χ0) is 14.0. The molecule has 0 spiro atoms. The lowest BCUT2D eigenvalue weighted by Gasteiger charge is -2.40. The highest BCUT2D eigenvalue weighted by Gasteiger charge is 2.25. The minimum atomic E-state index is -0.339. The van der Waals surface area contributed by atoms with Crippen LogP contribution in [0.2, 0.25) is 0 Å². The van der Waals surface area contributed by atoms with Crippen LogP contribution in [-0.4, -0.2) is 50.7 Å². The van der Waals surface area contributed by atoms with Gasteiger partial charge in [0.15, 0.2) is 0 Å². The third-order valence-corrected chi connectivity index (χ3v) is 3.75. The lowest BCUT2D eigenvalue weighted by molar-refractivity contribution is 0.0601. The van der Waals surface area contributed by atoms with E-state index >= 15 is 0 Å². The molecule has 1 unspecified atom stereocenters. The first-order valence-corrected chi connectivity index (χ1v) is 6.46. The van der Waals surface area contributed by atoms with Crippen molar-refractivity contribution in [2.24, 2.45) is 0 Å². The molecule has 5 nitrogen and oxygen atoms in total. The average Bonchev–Trinajstić information content (AvgIpc) is 2.41. The Morgan fingerprint density at radius 2 is 2.16 bits per heavy atom. The Hall–Kier alpha value is -1.75. The standard InChI is InChI=1S/C14H21N3O2/c1-10-9-17(8-7-16(10)2)13-11(14(18)19-3)5-4-6-12(13)15/h4-6,10H,7-9,15H2,1-3H3. The number of esters is 1. The van der Waals surface area contributed by atoms with Gasteiger partial charge in [-0.05, 0) is 26.1 Å². The molecule has 0 radical (unpaired) electrons. The Kier molecular flexibility index (Phi) is 3.95. The lowest BCUT2D eigenvalue weighted by Crippen LogP contribution is -2.50. The number of benzene rings is 1. The fourth-order valence-electron chi connectivity index (χ4n) is 2.44. The van der Waals surface area contributed by atoms with Crippen LogP contribution in [0.25, 0.3) is 0 Å². The van der Waals surface area contributed by atoms with Gasteiger partial charge in [-0.15, -0.1) is 0 Å². The molecular weight excluding hydrogens is 242 g/mol. The highest BCUT2D eigenvalue weighted by Crippen LogP contribution is 2.30. The number of likely N-dealkylation sites (N-methyl/N-ethyl adjacent to an activating group) is 1. The number of hydrogen-bond donors (Lipinski definition) is 1. The molecular formula is C14H21N3O2. The van der Waals surface area contributed by atoms with Crippen molar-refractivity contribution in [3.05, 3.63) is 23.8 Å². The summed E-state index contributed by atoms with van der Waals surface area (Å²) in [5.41, 5.74) is 8.03. The van der Waals surface area contributed by atoms with E-state index in [0.29, 0.717) is 17.3 Å². The maximum atomic E-state index is 11.9. The molecule has 0 amide bonds. The van der Waals surface area contributed by atoms with Crippen molar-refractivity contribution >= 4 is 17.3 Å². The molecule has 0 bridgehead atoms. The highest BCUT2D eigenvalue weighted by atomic mass is 16.5. The zero-order valence-corrected chi connectivity index (χ0v) is 11.7. The molecule has 2 rings (SSSR count). The summed E-state index contributed by atoms with van der Waals surface area (Å²) in [4.78, 5) is 16.3. The van der Waals surface area contributed by atoms with Crippen LogP contribution >= 0.6 is 0 Å². The van der Waals surface area contributed by atoms with Crippen LogP contribution in [0.3, 0.4) is 0 Å². The molecule has 0 aromatic heterocycles. The molecule has 2 N–H and O–H groups in total. The number of ether oxygens (including phenoxy) is 1. The molecule has 1 aliphatic heterocycles. The first kappa shape index (κ1) is 13.7. The maximum absolute atomic E-state index is 11.9. The summed E-state index contributed by atoms with van der Waals surface area (Å²) >= 11 is 0. The minimum Gasteiger partial charge on any atom is -0.465 e. The Balaban J connectivity index is 2.36. The topological polar surface area (TPSA) is 58.8 Å². The number of carbonyl (C=O) groups excluding carboxylic acids is 1. The van der Waals surface area contributed by atoms with E-state index in [1.165, 1.54) is 7.11 Å². The van der Waals surface area contributed by atoms with Crippen molar-refractivity contribution in [1.82, 2.24) is 4.90 Å². The molecule has 1 aromatic rings. The van der Waals surface area contributed by atoms with Gasteiger partial charge in [-0.1, -0.05) is 6.07 Å². The summed E-state index contributed by atoms with van der Waals surface area (Å²) in [5.74, 6) is -0.339. The second kappa shape index (κ2) is 5.48. The van der Waals surface area contributed by atoms with Crippen molar-refractivity contribution in [1.29, 1.82) is 0 Å². The van der Waals surface area contributed by atoms with Crippen molar-refractivity contribution in [3.8, 4) is 0 Å². The molecule has 0 aliphatic carbocycles. The Morgan fingerprint density at radius 1 is 1.42 bits per heavy atom. The number of methoxy groups -OCH3 is 1. The van der Waals surface area contributed by atoms with E-state index in [9.17, 15) is 4.79 Å². The van der Waals surface area contributed by atoms with Gasteiger partial charge >= 0.3 is 5.97 Å². The fraction of sp³-hybridized carbons (Fsp3) is 0.500. The highest BCUT2D eigenvalue weighted by molar-refractivity contribution is 5.99. The molecule has 1 atom stereocenters. The van der Waals surface area contributed by atoms with Crippen LogP contribution in [0.4, 0.5) is 11.4 Å². The summed E-state index contributed by atoms with van der Waals surface area (Å²) in [6, 6.07) is 5.80. The van der Waals surface area contributed by atoms with E-state index in [0.717, 1.165) is 25.3 Å². The zero-order valence-electron chi connectivity index (χ0n) is 11.7. The van der Waals surface area contributed by atoms with Crippen molar-refractivity contribution < 1.29 is 9.53 Å². The second-order valence-electron chi connectivity index (χ2n) is 5.01. The number of carbonyl (C=O) groups is 1. The fourth-order valence-corrected chi connectivity index (χ4v) is 2.44. The van der Waals surface area contributed by atoms with Gasteiger partial charge < -0.3 is 20.3 Å². The van der Waals surface area contributed by atoms with Crippen LogP contribution < -0.4 is 10.6 Å². The van der Waals surface area contributed by atoms with E-state index in [-0.39, 0.29) is 5.97 Å². The maximum Gasteiger partial charge on any atom is 0.340 e. The molecule has 1 aromatic carbocycles. The third kappa shape index (κ3) is 2.66. The molecule has 19 heavy (non-hydrogen) atoms. The van der Waals surface area contributed by atoms with Gasteiger partial charge in [0.05, 0.1) is 24.0 Å². The number of hydrogen-bond acceptors (Lipinski definition) is 5. The Morgan fingerprint density at radius 3 is 2.79 bits per heavy atom. The van der Waals surface area contributed by atoms with Gasteiger partial charge in [-0.3, -0.25) is 0 Å². The van der Waals surface area contributed by atoms with Gasteiger partial charge in [-0.25, -0.2) is 4.79 Å². The van der Waals surface area contributed by atoms with Gasteiger partial charge in [0.2, 0.25) is 0 Å². The molecule has 1 aliphatic rings. The Labute approximate surface area is 113 Å². The molecule has 5 heteroatoms. The first-order valence-electron chi connectivity index (χ1n) is 6.46. The monoisotopic (exact) mass is 263 g/mol. The van der Waals surface area contributed by atoms with Crippen LogP contribution in [0.5, 0.6) is 0 Å². The largest absolute Gasteiger partial charge is 0.465 e. The van der Waals surface area contributed by atoms with E-state index < -0.39 is 0 Å². The van der Waals surface area contributed by atoms with E-state index in [4.69, 9.17) is 10.5 Å².